The lowest BCUT2D eigenvalue weighted by Gasteiger charge is -2.37. The number of esters is 1. The van der Waals surface area contributed by atoms with Gasteiger partial charge in [-0.3, -0.25) is 4.57 Å². The number of rotatable bonds is 23. The third-order valence-corrected chi connectivity index (χ3v) is 20.6. The van der Waals surface area contributed by atoms with Gasteiger partial charge in [0.2, 0.25) is 0 Å². The van der Waals surface area contributed by atoms with E-state index in [0.29, 0.717) is 79.4 Å². The summed E-state index contributed by atoms with van der Waals surface area (Å²) in [4.78, 5) is 40.3. The number of thiazole rings is 2. The number of benzene rings is 2. The lowest BCUT2D eigenvalue weighted by molar-refractivity contribution is 0.0320. The Morgan fingerprint density at radius 1 is 0.959 bits per heavy atom. The Bertz CT molecular complexity index is 2790. The number of halogens is 1. The third kappa shape index (κ3) is 17.5. The largest absolute Gasteiger partial charge is 0.491 e. The van der Waals surface area contributed by atoms with Gasteiger partial charge in [-0.1, -0.05) is 75.7 Å². The van der Waals surface area contributed by atoms with Crippen molar-refractivity contribution in [1.29, 1.82) is 0 Å². The number of para-hydroxylation sites is 1. The van der Waals surface area contributed by atoms with Gasteiger partial charge in [0.25, 0.3) is 0 Å². The number of hydrogen-bond donors (Lipinski definition) is 0. The minimum Gasteiger partial charge on any atom is -0.491 e. The van der Waals surface area contributed by atoms with Gasteiger partial charge in [0.1, 0.15) is 12.3 Å². The van der Waals surface area contributed by atoms with Crippen LogP contribution in [0, 0.1) is 24.6 Å². The molecule has 398 valence electrons. The average molecular weight is 1080 g/mol. The molecule has 5 rings (SSSR count). The molecule has 3 heterocycles. The molecule has 0 aliphatic rings. The van der Waals surface area contributed by atoms with E-state index in [1.54, 1.807) is 52.3 Å². The van der Waals surface area contributed by atoms with Crippen molar-refractivity contribution in [2.24, 2.45) is 4.99 Å². The van der Waals surface area contributed by atoms with Crippen LogP contribution in [0.5, 0.6) is 5.75 Å². The summed E-state index contributed by atoms with van der Waals surface area (Å²) < 4.78 is 53.5. The fourth-order valence-corrected chi connectivity index (χ4v) is 10.7. The predicted molar refractivity (Wildman–Crippen MR) is 296 cm³/mol. The fourth-order valence-electron chi connectivity index (χ4n) is 6.79. The van der Waals surface area contributed by atoms with Gasteiger partial charge in [0.05, 0.1) is 43.2 Å². The molecule has 3 aromatic heterocycles. The van der Waals surface area contributed by atoms with E-state index in [2.05, 4.69) is 82.0 Å². The van der Waals surface area contributed by atoms with Gasteiger partial charge < -0.3 is 37.9 Å². The minimum atomic E-state index is -2.01. The molecular weight excluding hydrogens is 1000 g/mol. The summed E-state index contributed by atoms with van der Waals surface area (Å²) in [6.07, 6.45) is 1.60. The monoisotopic (exact) mass is 1080 g/mol. The zero-order valence-electron chi connectivity index (χ0n) is 45.6. The maximum Gasteiger partial charge on any atom is 0.410 e. The van der Waals surface area contributed by atoms with Gasteiger partial charge in [-0.25, -0.2) is 19.0 Å². The van der Waals surface area contributed by atoms with E-state index in [1.165, 1.54) is 35.5 Å². The number of anilines is 2. The van der Waals surface area contributed by atoms with Crippen LogP contribution in [-0.4, -0.2) is 119 Å². The van der Waals surface area contributed by atoms with Gasteiger partial charge in [-0.05, 0) is 120 Å². The molecule has 0 saturated carbocycles. The normalized spacial score (nSPS) is 12.9. The van der Waals surface area contributed by atoms with E-state index in [0.717, 1.165) is 26.6 Å². The molecular formula is C53H76FN7O8S2Si2. The van der Waals surface area contributed by atoms with Crippen LogP contribution in [0.1, 0.15) is 87.3 Å². The molecule has 73 heavy (non-hydrogen) atoms. The Morgan fingerprint density at radius 3 is 2.36 bits per heavy atom. The molecule has 15 nitrogen and oxygen atoms in total. The van der Waals surface area contributed by atoms with Crippen LogP contribution >= 0.6 is 22.7 Å². The van der Waals surface area contributed by atoms with E-state index >= 15 is 4.39 Å². The first-order valence-corrected chi connectivity index (χ1v) is 33.0. The second-order valence-corrected chi connectivity index (χ2v) is 34.2. The average Bonchev–Trinajstić information content (AvgIpc) is 3.89. The van der Waals surface area contributed by atoms with E-state index in [9.17, 15) is 9.59 Å². The molecule has 0 aliphatic heterocycles. The molecule has 5 aromatic rings. The van der Waals surface area contributed by atoms with E-state index in [-0.39, 0.29) is 35.7 Å². The number of carbonyl (C=O) groups excluding carboxylic acids is 2. The van der Waals surface area contributed by atoms with Crippen molar-refractivity contribution in [3.8, 4) is 17.6 Å². The van der Waals surface area contributed by atoms with Crippen LogP contribution in [0.2, 0.25) is 43.8 Å². The first-order valence-electron chi connectivity index (χ1n) is 24.7. The molecule has 2 aromatic carbocycles. The van der Waals surface area contributed by atoms with E-state index in [4.69, 9.17) is 48.3 Å². The molecule has 20 heteroatoms. The summed E-state index contributed by atoms with van der Waals surface area (Å²) in [5.41, 5.74) is 1.84. The number of fused-ring (bicyclic) bond motifs is 1. The second-order valence-electron chi connectivity index (χ2n) is 21.7. The highest BCUT2D eigenvalue weighted by Gasteiger charge is 2.37. The highest BCUT2D eigenvalue weighted by Crippen LogP contribution is 2.37. The molecule has 0 aliphatic carbocycles. The fraction of sp³-hybridized carbons (Fsp3) is 0.547. The smallest absolute Gasteiger partial charge is 0.410 e. The number of nitrogens with zero attached hydrogens (tertiary/aromatic N) is 7. The lowest BCUT2D eigenvalue weighted by atomic mass is 10.2. The highest BCUT2D eigenvalue weighted by molar-refractivity contribution is 7.16. The van der Waals surface area contributed by atoms with Crippen molar-refractivity contribution in [3.63, 3.8) is 0 Å². The van der Waals surface area contributed by atoms with E-state index in [1.807, 2.05) is 30.0 Å². The Hall–Kier alpha value is -5.02. The number of aromatic nitrogens is 4. The third-order valence-electron chi connectivity index (χ3n) is 12.2. The van der Waals surface area contributed by atoms with Crippen molar-refractivity contribution in [1.82, 2.24) is 24.6 Å². The Kier molecular flexibility index (Phi) is 20.9. The standard InChI is InChI=1S/C53H76FN7O8S2Si2/c1-37-33-45(57-58-47(37)56-50-61(36-66-31-32-72(11,12)13)41-23-16-17-24-43(41)70-50)60(29-19-22-39(64-9)35-68-73(14,15)53(5,6)7)49-55-46(48(62)65-10)44(71-49)25-20-30-67-42-27-26-38(34-40(42)54)21-18-28-59(8)51(63)69-52(2,3)4/h16-17,23-24,26-27,33-34,39H,19-20,22,25,28-32,35-36H2,1-15H3. The topological polar surface area (TPSA) is 152 Å². The SMILES string of the molecule is COC(=O)c1nc(N(CCCC(CO[Si](C)(C)C(C)(C)C)OC)c2cc(C)c(N=c3sc4ccccc4n3COCC[Si](C)(C)C)nn2)sc1CCCOc1ccc(C#CCN(C)C(=O)OC(C)(C)C)cc1F. The zero-order chi connectivity index (χ0) is 53.7. The number of carbonyl (C=O) groups is 2. The zero-order valence-corrected chi connectivity index (χ0v) is 49.2. The maximum atomic E-state index is 15.2. The molecule has 0 N–H and O–H groups in total. The van der Waals surface area contributed by atoms with Gasteiger partial charge >= 0.3 is 12.1 Å². The number of methoxy groups -OCH3 is 2. The van der Waals surface area contributed by atoms with Crippen LogP contribution < -0.4 is 14.4 Å². The van der Waals surface area contributed by atoms with Crippen molar-refractivity contribution >= 4 is 78.1 Å². The Labute approximate surface area is 441 Å². The number of hydrogen-bond acceptors (Lipinski definition) is 15. The summed E-state index contributed by atoms with van der Waals surface area (Å²) in [6.45, 7) is 27.8. The summed E-state index contributed by atoms with van der Waals surface area (Å²) in [7, 11) is 1.34. The van der Waals surface area contributed by atoms with Crippen molar-refractivity contribution in [2.45, 2.75) is 136 Å². The highest BCUT2D eigenvalue weighted by atomic mass is 32.1. The maximum absolute atomic E-state index is 15.2. The molecule has 0 fully saturated rings. The summed E-state index contributed by atoms with van der Waals surface area (Å²) in [6, 6.07) is 15.7. The molecule has 0 bridgehead atoms. The lowest BCUT2D eigenvalue weighted by Crippen LogP contribution is -2.43. The summed E-state index contributed by atoms with van der Waals surface area (Å²) in [5.74, 6) is 5.73. The van der Waals surface area contributed by atoms with Crippen LogP contribution in [0.3, 0.4) is 0 Å². The molecule has 1 amide bonds. The first kappa shape index (κ1) is 58.9. The molecule has 0 saturated heterocycles. The summed E-state index contributed by atoms with van der Waals surface area (Å²) >= 11 is 2.93. The van der Waals surface area contributed by atoms with Gasteiger partial charge in [0.15, 0.2) is 47.1 Å². The van der Waals surface area contributed by atoms with Crippen molar-refractivity contribution in [3.05, 3.63) is 80.8 Å². The Balaban J connectivity index is 1.38. The van der Waals surface area contributed by atoms with Gasteiger partial charge in [0, 0.05) is 45.8 Å². The number of aryl methyl sites for hydroxylation is 2. The predicted octanol–water partition coefficient (Wildman–Crippen LogP) is 11.9. The Morgan fingerprint density at radius 2 is 1.70 bits per heavy atom. The quantitative estimate of drug-likeness (QED) is 0.0265. The van der Waals surface area contributed by atoms with Crippen LogP contribution in [-0.2, 0) is 36.5 Å². The van der Waals surface area contributed by atoms with Gasteiger partial charge in [-0.15, -0.1) is 21.5 Å². The number of ether oxygens (including phenoxy) is 5. The van der Waals surface area contributed by atoms with Crippen molar-refractivity contribution < 1.29 is 42.1 Å². The van der Waals surface area contributed by atoms with Gasteiger partial charge in [-0.2, -0.15) is 4.99 Å². The summed E-state index contributed by atoms with van der Waals surface area (Å²) in [5, 5.41) is 10.0. The molecule has 0 spiro atoms. The molecule has 1 atom stereocenters. The molecule has 0 radical (unpaired) electrons. The second kappa shape index (κ2) is 26.0. The van der Waals surface area contributed by atoms with E-state index < -0.39 is 39.9 Å². The minimum absolute atomic E-state index is 0.0596. The molecule has 1 unspecified atom stereocenters. The van der Waals surface area contributed by atoms with Crippen LogP contribution in [0.25, 0.3) is 10.2 Å². The van der Waals surface area contributed by atoms with Crippen LogP contribution in [0.15, 0.2) is 53.5 Å². The van der Waals surface area contributed by atoms with Crippen molar-refractivity contribution in [2.75, 3.05) is 59.1 Å². The first-order chi connectivity index (χ1) is 34.3. The van der Waals surface area contributed by atoms with Crippen LogP contribution in [0.4, 0.5) is 26.0 Å². The number of amides is 1.